The normalized spacial score (nSPS) is 14.0. The minimum absolute atomic E-state index is 0.0145. The van der Waals surface area contributed by atoms with Crippen LogP contribution in [0.15, 0.2) is 60.8 Å². The van der Waals surface area contributed by atoms with Gasteiger partial charge in [-0.15, -0.1) is 0 Å². The highest BCUT2D eigenvalue weighted by Gasteiger charge is 2.25. The van der Waals surface area contributed by atoms with Gasteiger partial charge in [0, 0.05) is 12.8 Å². The van der Waals surface area contributed by atoms with E-state index in [1.807, 2.05) is 12.2 Å². The summed E-state index contributed by atoms with van der Waals surface area (Å²) >= 11 is 0. The number of hydrogen-bond donors (Lipinski definition) is 1. The number of phosphoric ester groups is 1. The molecule has 0 aromatic rings. The number of allylic oxidation sites excluding steroid dienone is 10. The van der Waals surface area contributed by atoms with E-state index in [1.54, 1.807) is 6.92 Å². The van der Waals surface area contributed by atoms with Gasteiger partial charge in [-0.3, -0.25) is 18.6 Å². The van der Waals surface area contributed by atoms with Crippen LogP contribution in [-0.4, -0.2) is 42.8 Å². The number of phosphoric acid groups is 1. The number of hydrogen-bond acceptors (Lipinski definition) is 7. The Morgan fingerprint density at radius 1 is 0.538 bits per heavy atom. The van der Waals surface area contributed by atoms with Crippen molar-refractivity contribution < 1.29 is 37.6 Å². The Hall–Kier alpha value is -2.25. The van der Waals surface area contributed by atoms with E-state index in [0.29, 0.717) is 6.42 Å². The fourth-order valence-corrected chi connectivity index (χ4v) is 6.10. The molecule has 0 aliphatic rings. The van der Waals surface area contributed by atoms with Gasteiger partial charge in [0.1, 0.15) is 6.61 Å². The van der Waals surface area contributed by atoms with E-state index in [-0.39, 0.29) is 32.0 Å². The van der Waals surface area contributed by atoms with Gasteiger partial charge in [0.25, 0.3) is 0 Å². The van der Waals surface area contributed by atoms with Crippen LogP contribution in [0, 0.1) is 0 Å². The molecule has 9 heteroatoms. The standard InChI is InChI=1S/C43H75O8P/c1-4-7-9-11-13-15-17-19-20-21-22-23-24-26-27-29-31-33-35-37-42(44)48-39-41(40-50-52(46,47)49-6-3)51-43(45)38-36-34-32-30-28-25-18-16-14-12-10-8-5-2/h8,10,14,16,19-20,25,28,32,34,41H,4-7,9,11-13,15,17-18,21-24,26-27,29-31,33,35-40H2,1-3H3,(H,46,47)/b10-8-,16-14-,20-19-,28-25-,34-32-. The van der Waals surface area contributed by atoms with Gasteiger partial charge in [0.2, 0.25) is 0 Å². The first-order valence-electron chi connectivity index (χ1n) is 20.6. The summed E-state index contributed by atoms with van der Waals surface area (Å²) in [6.45, 7) is 5.26. The molecule has 8 nitrogen and oxygen atoms in total. The maximum atomic E-state index is 12.5. The van der Waals surface area contributed by atoms with Crippen LogP contribution in [0.1, 0.15) is 175 Å². The molecule has 0 radical (unpaired) electrons. The maximum Gasteiger partial charge on any atom is 0.472 e. The third-order valence-electron chi connectivity index (χ3n) is 8.32. The monoisotopic (exact) mass is 751 g/mol. The fraction of sp³-hybridized carbons (Fsp3) is 0.721. The second-order valence-electron chi connectivity index (χ2n) is 13.3. The number of ether oxygens (including phenoxy) is 2. The van der Waals surface area contributed by atoms with Gasteiger partial charge in [-0.05, 0) is 71.1 Å². The lowest BCUT2D eigenvalue weighted by molar-refractivity contribution is -0.161. The molecule has 2 atom stereocenters. The van der Waals surface area contributed by atoms with Crippen molar-refractivity contribution in [1.29, 1.82) is 0 Å². The second-order valence-corrected chi connectivity index (χ2v) is 14.7. The predicted octanol–water partition coefficient (Wildman–Crippen LogP) is 12.8. The average molecular weight is 751 g/mol. The lowest BCUT2D eigenvalue weighted by atomic mass is 10.1. The number of carbonyl (C=O) groups excluding carboxylic acids is 2. The molecule has 2 unspecified atom stereocenters. The molecule has 0 saturated carbocycles. The molecule has 52 heavy (non-hydrogen) atoms. The highest BCUT2D eigenvalue weighted by atomic mass is 31.2. The Morgan fingerprint density at radius 2 is 1.02 bits per heavy atom. The zero-order valence-corrected chi connectivity index (χ0v) is 34.1. The van der Waals surface area contributed by atoms with Gasteiger partial charge in [-0.1, -0.05) is 152 Å². The highest BCUT2D eigenvalue weighted by Crippen LogP contribution is 2.43. The summed E-state index contributed by atoms with van der Waals surface area (Å²) in [5, 5.41) is 0. The van der Waals surface area contributed by atoms with Crippen LogP contribution in [0.5, 0.6) is 0 Å². The minimum atomic E-state index is -4.30. The summed E-state index contributed by atoms with van der Waals surface area (Å²) < 4.78 is 32.5. The van der Waals surface area contributed by atoms with Crippen molar-refractivity contribution >= 4 is 19.8 Å². The molecule has 0 saturated heterocycles. The highest BCUT2D eigenvalue weighted by molar-refractivity contribution is 7.47. The lowest BCUT2D eigenvalue weighted by Crippen LogP contribution is -2.29. The zero-order chi connectivity index (χ0) is 38.2. The molecule has 0 rings (SSSR count). The largest absolute Gasteiger partial charge is 0.472 e. The Morgan fingerprint density at radius 3 is 1.56 bits per heavy atom. The maximum absolute atomic E-state index is 12.5. The Labute approximate surface area is 318 Å². The topological polar surface area (TPSA) is 108 Å². The summed E-state index contributed by atoms with van der Waals surface area (Å²) in [6.07, 6.45) is 45.8. The van der Waals surface area contributed by atoms with Crippen LogP contribution in [0.2, 0.25) is 0 Å². The third kappa shape index (κ3) is 37.5. The first-order chi connectivity index (χ1) is 25.3. The van der Waals surface area contributed by atoms with Gasteiger partial charge < -0.3 is 14.4 Å². The Bertz CT molecular complexity index is 1030. The summed E-state index contributed by atoms with van der Waals surface area (Å²) in [5.74, 6) is -0.897. The van der Waals surface area contributed by atoms with E-state index < -0.39 is 26.5 Å². The quantitative estimate of drug-likeness (QED) is 0.0289. The molecule has 1 N–H and O–H groups in total. The van der Waals surface area contributed by atoms with Crippen LogP contribution in [0.3, 0.4) is 0 Å². The van der Waals surface area contributed by atoms with Gasteiger partial charge in [-0.2, -0.15) is 0 Å². The summed E-state index contributed by atoms with van der Waals surface area (Å²) in [7, 11) is -4.30. The first-order valence-corrected chi connectivity index (χ1v) is 22.1. The second kappa shape index (κ2) is 38.5. The summed E-state index contributed by atoms with van der Waals surface area (Å²) in [4.78, 5) is 34.6. The lowest BCUT2D eigenvalue weighted by Gasteiger charge is -2.19. The summed E-state index contributed by atoms with van der Waals surface area (Å²) in [5.41, 5.74) is 0. The van der Waals surface area contributed by atoms with Crippen LogP contribution in [-0.2, 0) is 32.7 Å². The smallest absolute Gasteiger partial charge is 0.462 e. The molecule has 0 bridgehead atoms. The molecule has 300 valence electrons. The molecule has 0 fully saturated rings. The molecular weight excluding hydrogens is 675 g/mol. The van der Waals surface area contributed by atoms with E-state index in [1.165, 1.54) is 89.9 Å². The molecule has 0 heterocycles. The van der Waals surface area contributed by atoms with Gasteiger partial charge in [0.05, 0.1) is 13.2 Å². The van der Waals surface area contributed by atoms with E-state index in [9.17, 15) is 19.0 Å². The Kier molecular flexibility index (Phi) is 36.8. The SMILES string of the molecule is CC/C=C\C/C=C\C/C=C\C/C=C\CCC(=O)OC(COC(=O)CCCCCCCCCCC/C=C\CCCCCCCC)COP(=O)(O)OCC. The molecule has 0 aliphatic heterocycles. The van der Waals surface area contributed by atoms with E-state index in [0.717, 1.165) is 44.9 Å². The van der Waals surface area contributed by atoms with Crippen molar-refractivity contribution in [3.8, 4) is 0 Å². The Balaban J connectivity index is 4.15. The zero-order valence-electron chi connectivity index (χ0n) is 33.2. The fourth-order valence-electron chi connectivity index (χ4n) is 5.34. The van der Waals surface area contributed by atoms with E-state index in [4.69, 9.17) is 18.5 Å². The molecule has 0 aromatic heterocycles. The van der Waals surface area contributed by atoms with Crippen LogP contribution >= 0.6 is 7.82 Å². The van der Waals surface area contributed by atoms with Crippen molar-refractivity contribution in [1.82, 2.24) is 0 Å². The molecule has 0 aliphatic carbocycles. The van der Waals surface area contributed by atoms with Crippen molar-refractivity contribution in [3.05, 3.63) is 60.8 Å². The van der Waals surface area contributed by atoms with Crippen LogP contribution in [0.4, 0.5) is 0 Å². The average Bonchev–Trinajstić information content (AvgIpc) is 3.12. The van der Waals surface area contributed by atoms with Crippen LogP contribution < -0.4 is 0 Å². The van der Waals surface area contributed by atoms with E-state index in [2.05, 4.69) is 62.5 Å². The van der Waals surface area contributed by atoms with Crippen molar-refractivity contribution in [2.24, 2.45) is 0 Å². The molecule has 0 aromatic carbocycles. The van der Waals surface area contributed by atoms with Gasteiger partial charge >= 0.3 is 19.8 Å². The van der Waals surface area contributed by atoms with Crippen molar-refractivity contribution in [2.45, 2.75) is 181 Å². The van der Waals surface area contributed by atoms with Gasteiger partial charge in [-0.25, -0.2) is 4.57 Å². The number of esters is 2. The van der Waals surface area contributed by atoms with Crippen LogP contribution in [0.25, 0.3) is 0 Å². The molecule has 0 amide bonds. The van der Waals surface area contributed by atoms with E-state index >= 15 is 0 Å². The summed E-state index contributed by atoms with van der Waals surface area (Å²) in [6, 6.07) is 0. The first kappa shape index (κ1) is 49.8. The van der Waals surface area contributed by atoms with Crippen molar-refractivity contribution in [2.75, 3.05) is 19.8 Å². The minimum Gasteiger partial charge on any atom is -0.462 e. The number of rotatable bonds is 37. The molecule has 0 spiro atoms. The predicted molar refractivity (Wildman–Crippen MR) is 216 cm³/mol. The number of unbranched alkanes of at least 4 members (excludes halogenated alkanes) is 15. The number of carbonyl (C=O) groups is 2. The van der Waals surface area contributed by atoms with Crippen molar-refractivity contribution in [3.63, 3.8) is 0 Å². The van der Waals surface area contributed by atoms with Gasteiger partial charge in [0.15, 0.2) is 6.10 Å². The molecular formula is C43H75O8P. The third-order valence-corrected chi connectivity index (χ3v) is 9.38.